The zero-order valence-electron chi connectivity index (χ0n) is 10.8. The second-order valence-electron chi connectivity index (χ2n) is 5.18. The lowest BCUT2D eigenvalue weighted by molar-refractivity contribution is -0.123. The number of amides is 1. The Balaban J connectivity index is 2.05. The summed E-state index contributed by atoms with van der Waals surface area (Å²) in [5, 5.41) is 4.42. The van der Waals surface area contributed by atoms with Gasteiger partial charge in [0.05, 0.1) is 17.0 Å². The highest BCUT2D eigenvalue weighted by atomic mass is 32.2. The smallest absolute Gasteiger partial charge is 0.307 e. The van der Waals surface area contributed by atoms with Crippen molar-refractivity contribution in [1.29, 1.82) is 0 Å². The van der Waals surface area contributed by atoms with Gasteiger partial charge in [0.15, 0.2) is 9.84 Å². The van der Waals surface area contributed by atoms with E-state index in [1.54, 1.807) is 19.2 Å². The van der Waals surface area contributed by atoms with Gasteiger partial charge in [0.2, 0.25) is 5.91 Å². The first-order valence-electron chi connectivity index (χ1n) is 5.87. The third kappa shape index (κ3) is 3.24. The monoisotopic (exact) mass is 304 g/mol. The number of nitrogens with one attached hydrogen (secondary N) is 1. The standard InChI is InChI=1S/C11H16N2O4S2/c1-8-6-18-10(15)13(8)5-9(14)12-11(2)3-4-19(16,17)7-11/h6H,3-5,7H2,1-2H3,(H,12,14)/t11-/m0/s1. The van der Waals surface area contributed by atoms with E-state index in [0.717, 1.165) is 17.0 Å². The number of carbonyl (C=O) groups excluding carboxylic acids is 1. The summed E-state index contributed by atoms with van der Waals surface area (Å²) in [5.74, 6) is -0.270. The van der Waals surface area contributed by atoms with Crippen molar-refractivity contribution >= 4 is 27.1 Å². The van der Waals surface area contributed by atoms with Gasteiger partial charge in [-0.25, -0.2) is 8.42 Å². The Hall–Kier alpha value is -1.15. The van der Waals surface area contributed by atoms with Crippen molar-refractivity contribution in [3.05, 3.63) is 20.7 Å². The molecule has 1 atom stereocenters. The normalized spacial score (nSPS) is 25.4. The zero-order chi connectivity index (χ0) is 14.3. The Morgan fingerprint density at radius 2 is 2.26 bits per heavy atom. The molecule has 2 heterocycles. The molecule has 19 heavy (non-hydrogen) atoms. The average Bonchev–Trinajstić information content (AvgIpc) is 2.71. The van der Waals surface area contributed by atoms with Crippen molar-refractivity contribution in [2.24, 2.45) is 0 Å². The molecule has 0 radical (unpaired) electrons. The highest BCUT2D eigenvalue weighted by molar-refractivity contribution is 7.91. The first-order valence-corrected chi connectivity index (χ1v) is 8.57. The first-order chi connectivity index (χ1) is 8.71. The summed E-state index contributed by atoms with van der Waals surface area (Å²) in [6, 6.07) is 0. The summed E-state index contributed by atoms with van der Waals surface area (Å²) in [4.78, 5) is 23.2. The summed E-state index contributed by atoms with van der Waals surface area (Å²) >= 11 is 1.05. The lowest BCUT2D eigenvalue weighted by Crippen LogP contribution is -2.48. The fourth-order valence-electron chi connectivity index (χ4n) is 2.22. The maximum Gasteiger partial charge on any atom is 0.307 e. The van der Waals surface area contributed by atoms with Crippen LogP contribution < -0.4 is 10.2 Å². The summed E-state index contributed by atoms with van der Waals surface area (Å²) in [5.41, 5.74) is 0.0121. The van der Waals surface area contributed by atoms with Crippen molar-refractivity contribution in [2.45, 2.75) is 32.4 Å². The molecular weight excluding hydrogens is 288 g/mol. The molecule has 0 spiro atoms. The SMILES string of the molecule is Cc1csc(=O)n1CC(=O)N[C@@]1(C)CCS(=O)(=O)C1. The predicted molar refractivity (Wildman–Crippen MR) is 73.1 cm³/mol. The number of sulfone groups is 1. The average molecular weight is 304 g/mol. The van der Waals surface area contributed by atoms with Gasteiger partial charge in [-0.05, 0) is 20.3 Å². The summed E-state index contributed by atoms with van der Waals surface area (Å²) in [7, 11) is -3.06. The molecule has 1 aliphatic rings. The van der Waals surface area contributed by atoms with Crippen molar-refractivity contribution < 1.29 is 13.2 Å². The third-order valence-electron chi connectivity index (χ3n) is 3.22. The number of aromatic nitrogens is 1. The van der Waals surface area contributed by atoms with Crippen LogP contribution in [0.15, 0.2) is 10.2 Å². The summed E-state index contributed by atoms with van der Waals surface area (Å²) < 4.78 is 24.3. The van der Waals surface area contributed by atoms with E-state index >= 15 is 0 Å². The number of hydrogen-bond donors (Lipinski definition) is 1. The molecule has 0 saturated carbocycles. The third-order valence-corrected chi connectivity index (χ3v) is 6.01. The van der Waals surface area contributed by atoms with Crippen LogP contribution in [0.4, 0.5) is 0 Å². The zero-order valence-corrected chi connectivity index (χ0v) is 12.4. The number of hydrogen-bond acceptors (Lipinski definition) is 5. The van der Waals surface area contributed by atoms with Gasteiger partial charge in [0.1, 0.15) is 6.54 Å². The van der Waals surface area contributed by atoms with Crippen LogP contribution in [-0.2, 0) is 21.2 Å². The quantitative estimate of drug-likeness (QED) is 0.846. The molecule has 1 aliphatic heterocycles. The molecule has 8 heteroatoms. The minimum absolute atomic E-state index is 0.0384. The summed E-state index contributed by atoms with van der Waals surface area (Å²) in [6.45, 7) is 3.41. The molecule has 0 aliphatic carbocycles. The number of aryl methyl sites for hydroxylation is 1. The molecule has 1 aromatic rings. The van der Waals surface area contributed by atoms with Gasteiger partial charge in [-0.15, -0.1) is 0 Å². The molecule has 106 valence electrons. The van der Waals surface area contributed by atoms with E-state index < -0.39 is 15.4 Å². The molecule has 1 fully saturated rings. The van der Waals surface area contributed by atoms with Crippen LogP contribution in [0.3, 0.4) is 0 Å². The molecule has 1 aromatic heterocycles. The van der Waals surface area contributed by atoms with Crippen molar-refractivity contribution in [3.63, 3.8) is 0 Å². The lowest BCUT2D eigenvalue weighted by Gasteiger charge is -2.24. The van der Waals surface area contributed by atoms with Gasteiger partial charge in [-0.2, -0.15) is 0 Å². The second kappa shape index (κ2) is 4.75. The van der Waals surface area contributed by atoms with Gasteiger partial charge in [-0.1, -0.05) is 11.3 Å². The van der Waals surface area contributed by atoms with Crippen molar-refractivity contribution in [2.75, 3.05) is 11.5 Å². The van der Waals surface area contributed by atoms with Gasteiger partial charge in [0, 0.05) is 11.1 Å². The molecule has 2 rings (SSSR count). The van der Waals surface area contributed by atoms with Crippen LogP contribution in [0.1, 0.15) is 19.0 Å². The fraction of sp³-hybridized carbons (Fsp3) is 0.636. The lowest BCUT2D eigenvalue weighted by atomic mass is 10.0. The largest absolute Gasteiger partial charge is 0.348 e. The Morgan fingerprint density at radius 3 is 2.74 bits per heavy atom. The second-order valence-corrected chi connectivity index (χ2v) is 8.18. The van der Waals surface area contributed by atoms with E-state index in [4.69, 9.17) is 0 Å². The number of nitrogens with zero attached hydrogens (tertiary/aromatic N) is 1. The molecule has 1 saturated heterocycles. The number of rotatable bonds is 3. The van der Waals surface area contributed by atoms with Crippen LogP contribution >= 0.6 is 11.3 Å². The van der Waals surface area contributed by atoms with Gasteiger partial charge in [-0.3, -0.25) is 14.2 Å². The highest BCUT2D eigenvalue weighted by Gasteiger charge is 2.39. The van der Waals surface area contributed by atoms with Crippen LogP contribution in [-0.4, -0.2) is 35.9 Å². The minimum Gasteiger partial charge on any atom is -0.348 e. The topological polar surface area (TPSA) is 85.2 Å². The Morgan fingerprint density at radius 1 is 1.58 bits per heavy atom. The molecule has 0 bridgehead atoms. The Bertz CT molecular complexity index is 658. The van der Waals surface area contributed by atoms with E-state index in [9.17, 15) is 18.0 Å². The summed E-state index contributed by atoms with van der Waals surface area (Å²) in [6.07, 6.45) is 0.415. The molecular formula is C11H16N2O4S2. The maximum absolute atomic E-state index is 11.9. The van der Waals surface area contributed by atoms with E-state index in [1.807, 2.05) is 0 Å². The van der Waals surface area contributed by atoms with E-state index in [0.29, 0.717) is 6.42 Å². The molecule has 6 nitrogen and oxygen atoms in total. The van der Waals surface area contributed by atoms with Gasteiger partial charge >= 0.3 is 4.87 Å². The predicted octanol–water partition coefficient (Wildman–Crippen LogP) is -0.0884. The Labute approximate surface area is 115 Å². The van der Waals surface area contributed by atoms with E-state index in [1.165, 1.54) is 4.57 Å². The number of carbonyl (C=O) groups is 1. The van der Waals surface area contributed by atoms with Gasteiger partial charge in [0.25, 0.3) is 0 Å². The van der Waals surface area contributed by atoms with Crippen molar-refractivity contribution in [1.82, 2.24) is 9.88 Å². The molecule has 0 unspecified atom stereocenters. The molecule has 0 aromatic carbocycles. The minimum atomic E-state index is -3.06. The van der Waals surface area contributed by atoms with Crippen molar-refractivity contribution in [3.8, 4) is 0 Å². The molecule has 1 N–H and O–H groups in total. The maximum atomic E-state index is 11.9. The van der Waals surface area contributed by atoms with E-state index in [-0.39, 0.29) is 28.8 Å². The van der Waals surface area contributed by atoms with Gasteiger partial charge < -0.3 is 5.32 Å². The fourth-order valence-corrected chi connectivity index (χ4v) is 5.05. The number of thiazole rings is 1. The van der Waals surface area contributed by atoms with Crippen LogP contribution in [0.5, 0.6) is 0 Å². The van der Waals surface area contributed by atoms with Crippen LogP contribution in [0, 0.1) is 6.92 Å². The highest BCUT2D eigenvalue weighted by Crippen LogP contribution is 2.22. The van der Waals surface area contributed by atoms with Crippen LogP contribution in [0.2, 0.25) is 0 Å². The Kier molecular flexibility index (Phi) is 3.57. The molecule has 1 amide bonds. The van der Waals surface area contributed by atoms with Crippen LogP contribution in [0.25, 0.3) is 0 Å². The van der Waals surface area contributed by atoms with E-state index in [2.05, 4.69) is 5.32 Å². The first kappa shape index (κ1) is 14.3.